The number of hydrogen-bond donors (Lipinski definition) is 1. The predicted molar refractivity (Wildman–Crippen MR) is 54.9 cm³/mol. The van der Waals surface area contributed by atoms with Crippen molar-refractivity contribution in [2.24, 2.45) is 0 Å². The van der Waals surface area contributed by atoms with Crippen LogP contribution >= 0.6 is 0 Å². The van der Waals surface area contributed by atoms with Gasteiger partial charge in [-0.3, -0.25) is 0 Å². The number of hydrogen-bond acceptors (Lipinski definition) is 4. The highest BCUT2D eigenvalue weighted by atomic mass is 16.5. The minimum Gasteiger partial charge on any atom is -0.482 e. The average Bonchev–Trinajstić information content (AvgIpc) is 2.69. The molecule has 5 heteroatoms. The van der Waals surface area contributed by atoms with Crippen molar-refractivity contribution in [3.05, 3.63) is 24.0 Å². The summed E-state index contributed by atoms with van der Waals surface area (Å²) in [6.45, 7) is 0.157. The first kappa shape index (κ1) is 9.92. The lowest BCUT2D eigenvalue weighted by atomic mass is 10.3. The van der Waals surface area contributed by atoms with Gasteiger partial charge in [0, 0.05) is 13.0 Å². The van der Waals surface area contributed by atoms with E-state index in [0.717, 1.165) is 11.5 Å². The molecule has 2 rings (SSSR count). The predicted octanol–water partition coefficient (Wildman–Crippen LogP) is 0.663. The number of aryl methyl sites for hydroxylation is 1. The summed E-state index contributed by atoms with van der Waals surface area (Å²) in [4.78, 5) is 0. The van der Waals surface area contributed by atoms with Gasteiger partial charge in [0.15, 0.2) is 5.65 Å². The van der Waals surface area contributed by atoms with Gasteiger partial charge in [-0.05, 0) is 18.6 Å². The van der Waals surface area contributed by atoms with Crippen LogP contribution in [0.2, 0.25) is 0 Å². The van der Waals surface area contributed by atoms with Crippen molar-refractivity contribution in [1.29, 1.82) is 0 Å². The lowest BCUT2D eigenvalue weighted by Crippen LogP contribution is -2.00. The van der Waals surface area contributed by atoms with Crippen molar-refractivity contribution in [2.75, 3.05) is 13.7 Å². The van der Waals surface area contributed by atoms with Gasteiger partial charge in [-0.25, -0.2) is 4.40 Å². The maximum atomic E-state index is 8.77. The minimum absolute atomic E-state index is 0.157. The van der Waals surface area contributed by atoms with Crippen molar-refractivity contribution in [3.63, 3.8) is 0 Å². The molecule has 0 spiro atoms. The number of aromatic nitrogens is 3. The number of methoxy groups -OCH3 is 1. The van der Waals surface area contributed by atoms with Crippen LogP contribution in [0, 0.1) is 0 Å². The van der Waals surface area contributed by atoms with Gasteiger partial charge in [0.1, 0.15) is 5.82 Å². The number of ether oxygens (including phenoxy) is 1. The molecule has 2 aromatic rings. The van der Waals surface area contributed by atoms with Gasteiger partial charge in [-0.1, -0.05) is 6.07 Å². The molecule has 0 radical (unpaired) electrons. The lowest BCUT2D eigenvalue weighted by Gasteiger charge is -2.04. The number of rotatable bonds is 4. The SMILES string of the molecule is COc1cccc2nnc(CCCO)n12. The molecule has 15 heavy (non-hydrogen) atoms. The van der Waals surface area contributed by atoms with Crippen LogP contribution < -0.4 is 4.74 Å². The maximum absolute atomic E-state index is 8.77. The highest BCUT2D eigenvalue weighted by Gasteiger charge is 2.08. The van der Waals surface area contributed by atoms with E-state index in [1.165, 1.54) is 0 Å². The first-order valence-corrected chi connectivity index (χ1v) is 4.84. The highest BCUT2D eigenvalue weighted by molar-refractivity contribution is 5.42. The van der Waals surface area contributed by atoms with E-state index in [-0.39, 0.29) is 6.61 Å². The molecule has 0 aliphatic carbocycles. The molecule has 0 aliphatic rings. The fraction of sp³-hybridized carbons (Fsp3) is 0.400. The van der Waals surface area contributed by atoms with Gasteiger partial charge in [0.05, 0.1) is 7.11 Å². The molecule has 0 aliphatic heterocycles. The Morgan fingerprint density at radius 1 is 1.40 bits per heavy atom. The molecule has 0 saturated carbocycles. The third-order valence-corrected chi connectivity index (χ3v) is 2.23. The molecule has 0 unspecified atom stereocenters. The van der Waals surface area contributed by atoms with E-state index in [1.807, 2.05) is 22.6 Å². The second kappa shape index (κ2) is 4.27. The molecule has 1 N–H and O–H groups in total. The average molecular weight is 207 g/mol. The van der Waals surface area contributed by atoms with E-state index in [0.29, 0.717) is 18.7 Å². The van der Waals surface area contributed by atoms with Crippen LogP contribution in [-0.2, 0) is 6.42 Å². The Kier molecular flexibility index (Phi) is 2.82. The Bertz CT molecular complexity index is 453. The Balaban J connectivity index is 2.46. The molecule has 0 aromatic carbocycles. The van der Waals surface area contributed by atoms with E-state index in [9.17, 15) is 0 Å². The molecule has 0 fully saturated rings. The van der Waals surface area contributed by atoms with Crippen LogP contribution in [-0.4, -0.2) is 33.4 Å². The summed E-state index contributed by atoms with van der Waals surface area (Å²) in [6.07, 6.45) is 1.37. The van der Waals surface area contributed by atoms with Gasteiger partial charge in [0.25, 0.3) is 0 Å². The third kappa shape index (κ3) is 1.78. The van der Waals surface area contributed by atoms with Gasteiger partial charge in [0.2, 0.25) is 5.88 Å². The van der Waals surface area contributed by atoms with E-state index < -0.39 is 0 Å². The fourth-order valence-electron chi connectivity index (χ4n) is 1.53. The van der Waals surface area contributed by atoms with E-state index in [4.69, 9.17) is 9.84 Å². The molecule has 0 saturated heterocycles. The summed E-state index contributed by atoms with van der Waals surface area (Å²) in [5, 5.41) is 16.9. The number of nitrogens with zero attached hydrogens (tertiary/aromatic N) is 3. The summed E-state index contributed by atoms with van der Waals surface area (Å²) < 4.78 is 7.08. The molecule has 2 aromatic heterocycles. The van der Waals surface area contributed by atoms with Crippen molar-refractivity contribution in [2.45, 2.75) is 12.8 Å². The van der Waals surface area contributed by atoms with Crippen LogP contribution in [0.25, 0.3) is 5.65 Å². The number of pyridine rings is 1. The molecular formula is C10H13N3O2. The van der Waals surface area contributed by atoms with Crippen LogP contribution in [0.15, 0.2) is 18.2 Å². The normalized spacial score (nSPS) is 10.8. The van der Waals surface area contributed by atoms with E-state index >= 15 is 0 Å². The van der Waals surface area contributed by atoms with Gasteiger partial charge < -0.3 is 9.84 Å². The summed E-state index contributed by atoms with van der Waals surface area (Å²) in [7, 11) is 1.62. The Morgan fingerprint density at radius 3 is 3.00 bits per heavy atom. The van der Waals surface area contributed by atoms with Gasteiger partial charge in [-0.2, -0.15) is 0 Å². The Morgan fingerprint density at radius 2 is 2.27 bits per heavy atom. The molecule has 0 atom stereocenters. The number of aliphatic hydroxyl groups excluding tert-OH is 1. The standard InChI is InChI=1S/C10H13N3O2/c1-15-10-6-2-4-8-11-12-9(13(8)10)5-3-7-14/h2,4,6,14H,3,5,7H2,1H3. The lowest BCUT2D eigenvalue weighted by molar-refractivity contribution is 0.287. The van der Waals surface area contributed by atoms with Gasteiger partial charge >= 0.3 is 0 Å². The third-order valence-electron chi connectivity index (χ3n) is 2.23. The zero-order valence-corrected chi connectivity index (χ0v) is 8.55. The summed E-state index contributed by atoms with van der Waals surface area (Å²) in [5.74, 6) is 1.53. The van der Waals surface area contributed by atoms with Crippen molar-refractivity contribution in [1.82, 2.24) is 14.6 Å². The smallest absolute Gasteiger partial charge is 0.200 e. The van der Waals surface area contributed by atoms with Crippen LogP contribution in [0.3, 0.4) is 0 Å². The van der Waals surface area contributed by atoms with Crippen LogP contribution in [0.5, 0.6) is 5.88 Å². The zero-order valence-electron chi connectivity index (χ0n) is 8.55. The molecule has 80 valence electrons. The fourth-order valence-corrected chi connectivity index (χ4v) is 1.53. The van der Waals surface area contributed by atoms with Crippen molar-refractivity contribution in [3.8, 4) is 5.88 Å². The molecule has 5 nitrogen and oxygen atoms in total. The molecule has 2 heterocycles. The monoisotopic (exact) mass is 207 g/mol. The second-order valence-corrected chi connectivity index (χ2v) is 3.21. The van der Waals surface area contributed by atoms with E-state index in [1.54, 1.807) is 7.11 Å². The maximum Gasteiger partial charge on any atom is 0.200 e. The molecule has 0 bridgehead atoms. The van der Waals surface area contributed by atoms with Crippen molar-refractivity contribution < 1.29 is 9.84 Å². The number of fused-ring (bicyclic) bond motifs is 1. The highest BCUT2D eigenvalue weighted by Crippen LogP contribution is 2.15. The Hall–Kier alpha value is -1.62. The Labute approximate surface area is 87.3 Å². The quantitative estimate of drug-likeness (QED) is 0.800. The summed E-state index contributed by atoms with van der Waals surface area (Å²) >= 11 is 0. The first-order valence-electron chi connectivity index (χ1n) is 4.84. The molecular weight excluding hydrogens is 194 g/mol. The van der Waals surface area contributed by atoms with Crippen LogP contribution in [0.4, 0.5) is 0 Å². The molecule has 0 amide bonds. The topological polar surface area (TPSA) is 59.7 Å². The summed E-state index contributed by atoms with van der Waals surface area (Å²) in [6, 6.07) is 5.61. The van der Waals surface area contributed by atoms with E-state index in [2.05, 4.69) is 10.2 Å². The largest absolute Gasteiger partial charge is 0.482 e. The van der Waals surface area contributed by atoms with Crippen LogP contribution in [0.1, 0.15) is 12.2 Å². The second-order valence-electron chi connectivity index (χ2n) is 3.21. The minimum atomic E-state index is 0.157. The van der Waals surface area contributed by atoms with Crippen molar-refractivity contribution >= 4 is 5.65 Å². The van der Waals surface area contributed by atoms with Gasteiger partial charge in [-0.15, -0.1) is 10.2 Å². The number of aliphatic hydroxyl groups is 1. The summed E-state index contributed by atoms with van der Waals surface area (Å²) in [5.41, 5.74) is 0.766. The zero-order chi connectivity index (χ0) is 10.7. The first-order chi connectivity index (χ1) is 7.36.